The van der Waals surface area contributed by atoms with Gasteiger partial charge in [-0.2, -0.15) is 0 Å². The summed E-state index contributed by atoms with van der Waals surface area (Å²) < 4.78 is 2.35. The van der Waals surface area contributed by atoms with Gasteiger partial charge in [0, 0.05) is 36.0 Å². The summed E-state index contributed by atoms with van der Waals surface area (Å²) in [4.78, 5) is 0. The number of halogens is 1. The number of rotatable bonds is 0. The third kappa shape index (κ3) is 1.50. The van der Waals surface area contributed by atoms with Gasteiger partial charge in [-0.3, -0.25) is 0 Å². The molecule has 1 aromatic rings. The van der Waals surface area contributed by atoms with Crippen molar-refractivity contribution in [3.63, 3.8) is 0 Å². The van der Waals surface area contributed by atoms with Gasteiger partial charge < -0.3 is 0 Å². The number of benzene rings is 1. The second-order valence-corrected chi connectivity index (χ2v) is 4.67. The van der Waals surface area contributed by atoms with E-state index < -0.39 is 0 Å². The highest BCUT2D eigenvalue weighted by Gasteiger charge is 2.14. The summed E-state index contributed by atoms with van der Waals surface area (Å²) in [6.45, 7) is 4.51. The number of nitrogens with zero attached hydrogens (tertiary/aromatic N) is 1. The molecule has 0 radical (unpaired) electrons. The minimum atomic E-state index is 1.11. The molecule has 1 aromatic carbocycles. The molecule has 1 aliphatic rings. The van der Waals surface area contributed by atoms with Crippen molar-refractivity contribution in [1.82, 2.24) is 3.11 Å². The van der Waals surface area contributed by atoms with Crippen LogP contribution in [0.15, 0.2) is 18.2 Å². The first-order chi connectivity index (χ1) is 5.77. The van der Waals surface area contributed by atoms with E-state index in [9.17, 15) is 0 Å². The van der Waals surface area contributed by atoms with E-state index in [4.69, 9.17) is 0 Å². The Kier molecular flexibility index (Phi) is 2.37. The fraction of sp³-hybridized carbons (Fsp3) is 0.400. The van der Waals surface area contributed by atoms with Crippen LogP contribution in [0, 0.1) is 6.92 Å². The van der Waals surface area contributed by atoms with Gasteiger partial charge >= 0.3 is 0 Å². The van der Waals surface area contributed by atoms with Crippen LogP contribution in [0.1, 0.15) is 16.7 Å². The highest BCUT2D eigenvalue weighted by molar-refractivity contribution is 14.1. The van der Waals surface area contributed by atoms with Crippen LogP contribution in [0.25, 0.3) is 0 Å². The van der Waals surface area contributed by atoms with E-state index in [1.165, 1.54) is 24.1 Å². The van der Waals surface area contributed by atoms with Crippen molar-refractivity contribution < 1.29 is 0 Å². The Hall–Kier alpha value is -0.0900. The minimum Gasteiger partial charge on any atom is -0.243 e. The van der Waals surface area contributed by atoms with E-state index >= 15 is 0 Å². The van der Waals surface area contributed by atoms with E-state index in [1.54, 1.807) is 5.56 Å². The zero-order valence-electron chi connectivity index (χ0n) is 7.18. The maximum absolute atomic E-state index is 2.40. The van der Waals surface area contributed by atoms with Crippen LogP contribution in [0.2, 0.25) is 0 Å². The maximum Gasteiger partial charge on any atom is 0.0337 e. The lowest BCUT2D eigenvalue weighted by molar-refractivity contribution is 0.479. The molecule has 0 saturated carbocycles. The van der Waals surface area contributed by atoms with Gasteiger partial charge in [0.25, 0.3) is 0 Å². The molecule has 1 aliphatic heterocycles. The Morgan fingerprint density at radius 2 is 2.25 bits per heavy atom. The highest BCUT2D eigenvalue weighted by atomic mass is 127. The third-order valence-corrected chi connectivity index (χ3v) is 3.28. The second-order valence-electron chi connectivity index (χ2n) is 3.31. The number of aryl methyl sites for hydroxylation is 1. The standard InChI is InChI=1S/C10H12IN/c1-8-3-2-4-9-5-6-12(11)7-10(8)9/h2-4H,5-7H2,1H3. The minimum absolute atomic E-state index is 1.11. The molecule has 0 fully saturated rings. The summed E-state index contributed by atoms with van der Waals surface area (Å²) in [5.74, 6) is 0. The van der Waals surface area contributed by atoms with Crippen LogP contribution < -0.4 is 0 Å². The smallest absolute Gasteiger partial charge is 0.0337 e. The first-order valence-electron chi connectivity index (χ1n) is 4.25. The van der Waals surface area contributed by atoms with Gasteiger partial charge in [0.15, 0.2) is 0 Å². The van der Waals surface area contributed by atoms with Crippen molar-refractivity contribution in [3.8, 4) is 0 Å². The van der Waals surface area contributed by atoms with Gasteiger partial charge in [0.1, 0.15) is 0 Å². The fourth-order valence-corrected chi connectivity index (χ4v) is 2.30. The predicted octanol–water partition coefficient (Wildman–Crippen LogP) is 2.70. The van der Waals surface area contributed by atoms with Gasteiger partial charge in [0.05, 0.1) is 0 Å². The first-order valence-corrected chi connectivity index (χ1v) is 5.22. The van der Waals surface area contributed by atoms with Crippen LogP contribution >= 0.6 is 22.9 Å². The molecule has 0 atom stereocenters. The number of hydrogen-bond acceptors (Lipinski definition) is 1. The summed E-state index contributed by atoms with van der Waals surface area (Å²) >= 11 is 2.40. The first kappa shape index (κ1) is 8.51. The van der Waals surface area contributed by atoms with E-state index in [2.05, 4.69) is 51.1 Å². The van der Waals surface area contributed by atoms with Gasteiger partial charge in [0.2, 0.25) is 0 Å². The predicted molar refractivity (Wildman–Crippen MR) is 59.3 cm³/mol. The maximum atomic E-state index is 2.40. The Morgan fingerprint density at radius 3 is 3.08 bits per heavy atom. The molecule has 0 amide bonds. The van der Waals surface area contributed by atoms with Crippen molar-refractivity contribution >= 4 is 22.9 Å². The normalized spacial score (nSPS) is 17.5. The summed E-state index contributed by atoms with van der Waals surface area (Å²) in [6, 6.07) is 6.62. The van der Waals surface area contributed by atoms with Crippen molar-refractivity contribution in [1.29, 1.82) is 0 Å². The van der Waals surface area contributed by atoms with Crippen LogP contribution in [0.4, 0.5) is 0 Å². The van der Waals surface area contributed by atoms with E-state index in [-0.39, 0.29) is 0 Å². The van der Waals surface area contributed by atoms with Gasteiger partial charge in [-0.05, 0) is 30.0 Å². The number of fused-ring (bicyclic) bond motifs is 1. The van der Waals surface area contributed by atoms with E-state index in [1.807, 2.05) is 0 Å². The molecular weight excluding hydrogens is 261 g/mol. The molecule has 0 N–H and O–H groups in total. The lowest BCUT2D eigenvalue weighted by Gasteiger charge is -2.24. The molecule has 0 aliphatic carbocycles. The molecule has 2 rings (SSSR count). The quantitative estimate of drug-likeness (QED) is 0.519. The summed E-state index contributed by atoms with van der Waals surface area (Å²) in [7, 11) is 0. The molecule has 1 nitrogen and oxygen atoms in total. The van der Waals surface area contributed by atoms with Crippen LogP contribution in [-0.4, -0.2) is 9.66 Å². The monoisotopic (exact) mass is 273 g/mol. The van der Waals surface area contributed by atoms with Crippen molar-refractivity contribution in [3.05, 3.63) is 34.9 Å². The second kappa shape index (κ2) is 3.34. The molecule has 0 bridgehead atoms. The summed E-state index contributed by atoms with van der Waals surface area (Å²) in [6.07, 6.45) is 1.21. The Balaban J connectivity index is 2.43. The Bertz CT molecular complexity index is 296. The molecule has 0 spiro atoms. The van der Waals surface area contributed by atoms with Crippen molar-refractivity contribution in [2.45, 2.75) is 19.9 Å². The largest absolute Gasteiger partial charge is 0.243 e. The molecular formula is C10H12IN. The fourth-order valence-electron chi connectivity index (χ4n) is 1.72. The van der Waals surface area contributed by atoms with Gasteiger partial charge in [-0.25, -0.2) is 3.11 Å². The van der Waals surface area contributed by atoms with Crippen LogP contribution in [0.3, 0.4) is 0 Å². The van der Waals surface area contributed by atoms with Crippen molar-refractivity contribution in [2.24, 2.45) is 0 Å². The summed E-state index contributed by atoms with van der Waals surface area (Å²) in [5.41, 5.74) is 4.52. The molecule has 0 aromatic heterocycles. The third-order valence-electron chi connectivity index (χ3n) is 2.46. The topological polar surface area (TPSA) is 3.24 Å². The zero-order valence-corrected chi connectivity index (χ0v) is 9.34. The molecule has 12 heavy (non-hydrogen) atoms. The van der Waals surface area contributed by atoms with E-state index in [0.717, 1.165) is 6.54 Å². The molecule has 0 saturated heterocycles. The summed E-state index contributed by atoms with van der Waals surface area (Å²) in [5, 5.41) is 0. The average molecular weight is 273 g/mol. The SMILES string of the molecule is Cc1cccc2c1CN(I)CC2. The Morgan fingerprint density at radius 1 is 1.42 bits per heavy atom. The van der Waals surface area contributed by atoms with Crippen LogP contribution in [0.5, 0.6) is 0 Å². The van der Waals surface area contributed by atoms with Gasteiger partial charge in [-0.1, -0.05) is 18.2 Å². The van der Waals surface area contributed by atoms with E-state index in [0.29, 0.717) is 0 Å². The lowest BCUT2D eigenvalue weighted by atomic mass is 9.97. The zero-order chi connectivity index (χ0) is 8.55. The highest BCUT2D eigenvalue weighted by Crippen LogP contribution is 2.23. The van der Waals surface area contributed by atoms with Crippen molar-refractivity contribution in [2.75, 3.05) is 6.54 Å². The molecule has 0 unspecified atom stereocenters. The molecule has 64 valence electrons. The average Bonchev–Trinajstić information content (AvgIpc) is 2.07. The Labute approximate surface area is 87.3 Å². The van der Waals surface area contributed by atoms with Gasteiger partial charge in [-0.15, -0.1) is 0 Å². The van der Waals surface area contributed by atoms with Crippen LogP contribution in [-0.2, 0) is 13.0 Å². The molecule has 2 heteroatoms. The lowest BCUT2D eigenvalue weighted by Crippen LogP contribution is -2.22. The molecule has 1 heterocycles. The number of hydrogen-bond donors (Lipinski definition) is 0.